The van der Waals surface area contributed by atoms with Crippen LogP contribution in [0, 0.1) is 5.82 Å². The van der Waals surface area contributed by atoms with Crippen molar-refractivity contribution in [1.29, 1.82) is 0 Å². The van der Waals surface area contributed by atoms with E-state index in [1.54, 1.807) is 19.2 Å². The predicted molar refractivity (Wildman–Crippen MR) is 84.4 cm³/mol. The van der Waals surface area contributed by atoms with Crippen molar-refractivity contribution in [2.75, 3.05) is 13.7 Å². The second-order valence-electron chi connectivity index (χ2n) is 5.07. The maximum atomic E-state index is 12.8. The molecule has 0 heterocycles. The van der Waals surface area contributed by atoms with Gasteiger partial charge in [-0.05, 0) is 48.2 Å². The molecular weight excluding hydrogens is 281 g/mol. The molecule has 22 heavy (non-hydrogen) atoms. The highest BCUT2D eigenvalue weighted by Gasteiger charge is 2.02. The molecule has 0 unspecified atom stereocenters. The van der Waals surface area contributed by atoms with Gasteiger partial charge in [-0.25, -0.2) is 4.39 Å². The Kier molecular flexibility index (Phi) is 5.95. The normalized spacial score (nSPS) is 10.3. The summed E-state index contributed by atoms with van der Waals surface area (Å²) in [5.41, 5.74) is 2.12. The molecule has 0 radical (unpaired) electrons. The van der Waals surface area contributed by atoms with E-state index in [0.717, 1.165) is 23.3 Å². The maximum absolute atomic E-state index is 12.8. The fraction of sp³-hybridized carbons (Fsp3) is 0.278. The fourth-order valence-electron chi connectivity index (χ4n) is 2.14. The number of hydrogen-bond acceptors (Lipinski definition) is 2. The predicted octanol–water partition coefficient (Wildman–Crippen LogP) is 3.13. The lowest BCUT2D eigenvalue weighted by Gasteiger charge is -2.06. The quantitative estimate of drug-likeness (QED) is 0.853. The van der Waals surface area contributed by atoms with E-state index in [9.17, 15) is 9.18 Å². The van der Waals surface area contributed by atoms with Crippen LogP contribution in [0.1, 0.15) is 17.5 Å². The molecule has 0 saturated heterocycles. The topological polar surface area (TPSA) is 38.3 Å². The number of carbonyl (C=O) groups is 1. The standard InChI is InChI=1S/C18H20FNO2/c1-22-17-9-4-15(5-10-17)12-13-20-18(21)11-6-14-2-7-16(19)8-3-14/h2-5,7-10H,6,11-13H2,1H3,(H,20,21). The maximum Gasteiger partial charge on any atom is 0.220 e. The van der Waals surface area contributed by atoms with Gasteiger partial charge >= 0.3 is 0 Å². The van der Waals surface area contributed by atoms with Crippen molar-refractivity contribution < 1.29 is 13.9 Å². The first-order valence-electron chi connectivity index (χ1n) is 7.31. The molecule has 116 valence electrons. The minimum atomic E-state index is -0.257. The number of rotatable bonds is 7. The number of methoxy groups -OCH3 is 1. The van der Waals surface area contributed by atoms with Gasteiger partial charge in [-0.1, -0.05) is 24.3 Å². The van der Waals surface area contributed by atoms with E-state index in [1.807, 2.05) is 24.3 Å². The summed E-state index contributed by atoms with van der Waals surface area (Å²) >= 11 is 0. The van der Waals surface area contributed by atoms with E-state index in [-0.39, 0.29) is 11.7 Å². The van der Waals surface area contributed by atoms with E-state index in [2.05, 4.69) is 5.32 Å². The average molecular weight is 301 g/mol. The number of benzene rings is 2. The summed E-state index contributed by atoms with van der Waals surface area (Å²) < 4.78 is 17.9. The van der Waals surface area contributed by atoms with Gasteiger partial charge in [0.25, 0.3) is 0 Å². The molecule has 0 spiro atoms. The molecule has 0 atom stereocenters. The lowest BCUT2D eigenvalue weighted by Crippen LogP contribution is -2.25. The van der Waals surface area contributed by atoms with Crippen LogP contribution in [0.4, 0.5) is 4.39 Å². The molecule has 2 aromatic rings. The summed E-state index contributed by atoms with van der Waals surface area (Å²) in [7, 11) is 1.64. The van der Waals surface area contributed by atoms with Crippen molar-refractivity contribution in [3.63, 3.8) is 0 Å². The Hall–Kier alpha value is -2.36. The van der Waals surface area contributed by atoms with E-state index in [4.69, 9.17) is 4.74 Å². The second-order valence-corrected chi connectivity index (χ2v) is 5.07. The van der Waals surface area contributed by atoms with Crippen molar-refractivity contribution in [2.45, 2.75) is 19.3 Å². The summed E-state index contributed by atoms with van der Waals surface area (Å²) in [5, 5.41) is 2.90. The van der Waals surface area contributed by atoms with E-state index in [1.165, 1.54) is 12.1 Å². The molecule has 1 N–H and O–H groups in total. The van der Waals surface area contributed by atoms with Crippen LogP contribution in [-0.4, -0.2) is 19.6 Å². The molecule has 0 aliphatic carbocycles. The minimum Gasteiger partial charge on any atom is -0.497 e. The van der Waals surface area contributed by atoms with E-state index in [0.29, 0.717) is 19.4 Å². The third-order valence-corrected chi connectivity index (χ3v) is 3.45. The molecule has 3 nitrogen and oxygen atoms in total. The van der Waals surface area contributed by atoms with Gasteiger partial charge in [0.1, 0.15) is 11.6 Å². The summed E-state index contributed by atoms with van der Waals surface area (Å²) in [6, 6.07) is 14.0. The first kappa shape index (κ1) is 16.0. The van der Waals surface area contributed by atoms with Crippen molar-refractivity contribution in [3.8, 4) is 5.75 Å². The Labute approximate surface area is 130 Å². The van der Waals surface area contributed by atoms with Crippen LogP contribution in [0.2, 0.25) is 0 Å². The number of aryl methyl sites for hydroxylation is 1. The Morgan fingerprint density at radius 1 is 1.00 bits per heavy atom. The van der Waals surface area contributed by atoms with Crippen molar-refractivity contribution in [1.82, 2.24) is 5.32 Å². The van der Waals surface area contributed by atoms with Crippen LogP contribution in [0.15, 0.2) is 48.5 Å². The molecule has 0 aliphatic heterocycles. The average Bonchev–Trinajstić information content (AvgIpc) is 2.55. The molecule has 0 aromatic heterocycles. The summed E-state index contributed by atoms with van der Waals surface area (Å²) in [6.07, 6.45) is 1.81. The third-order valence-electron chi connectivity index (χ3n) is 3.45. The minimum absolute atomic E-state index is 0.0119. The van der Waals surface area contributed by atoms with Crippen LogP contribution in [-0.2, 0) is 17.6 Å². The monoisotopic (exact) mass is 301 g/mol. The van der Waals surface area contributed by atoms with Crippen molar-refractivity contribution >= 4 is 5.91 Å². The van der Waals surface area contributed by atoms with Crippen LogP contribution in [0.5, 0.6) is 5.75 Å². The Balaban J connectivity index is 1.67. The third kappa shape index (κ3) is 5.20. The zero-order chi connectivity index (χ0) is 15.8. The molecular formula is C18H20FNO2. The second kappa shape index (κ2) is 8.17. The largest absolute Gasteiger partial charge is 0.497 e. The molecule has 2 aromatic carbocycles. The highest BCUT2D eigenvalue weighted by atomic mass is 19.1. The Bertz CT molecular complexity index is 593. The molecule has 4 heteroatoms. The summed E-state index contributed by atoms with van der Waals surface area (Å²) in [4.78, 5) is 11.8. The lowest BCUT2D eigenvalue weighted by atomic mass is 10.1. The van der Waals surface area contributed by atoms with Gasteiger partial charge in [0.05, 0.1) is 7.11 Å². The van der Waals surface area contributed by atoms with Crippen LogP contribution < -0.4 is 10.1 Å². The Morgan fingerprint density at radius 2 is 1.59 bits per heavy atom. The number of amides is 1. The summed E-state index contributed by atoms with van der Waals surface area (Å²) in [6.45, 7) is 0.606. The first-order chi connectivity index (χ1) is 10.7. The van der Waals surface area contributed by atoms with Crippen LogP contribution in [0.3, 0.4) is 0 Å². The van der Waals surface area contributed by atoms with Gasteiger partial charge < -0.3 is 10.1 Å². The number of hydrogen-bond donors (Lipinski definition) is 1. The number of ether oxygens (including phenoxy) is 1. The fourth-order valence-corrected chi connectivity index (χ4v) is 2.14. The Morgan fingerprint density at radius 3 is 2.23 bits per heavy atom. The molecule has 0 aliphatic rings. The molecule has 0 fully saturated rings. The van der Waals surface area contributed by atoms with Crippen molar-refractivity contribution in [2.24, 2.45) is 0 Å². The van der Waals surface area contributed by atoms with Gasteiger partial charge in [-0.15, -0.1) is 0 Å². The first-order valence-corrected chi connectivity index (χ1v) is 7.31. The van der Waals surface area contributed by atoms with Crippen LogP contribution >= 0.6 is 0 Å². The number of carbonyl (C=O) groups excluding carboxylic acids is 1. The van der Waals surface area contributed by atoms with E-state index < -0.39 is 0 Å². The summed E-state index contributed by atoms with van der Waals surface area (Å²) in [5.74, 6) is 0.581. The van der Waals surface area contributed by atoms with Crippen molar-refractivity contribution in [3.05, 3.63) is 65.5 Å². The van der Waals surface area contributed by atoms with E-state index >= 15 is 0 Å². The highest BCUT2D eigenvalue weighted by molar-refractivity contribution is 5.76. The molecule has 0 saturated carbocycles. The highest BCUT2D eigenvalue weighted by Crippen LogP contribution is 2.11. The molecule has 2 rings (SSSR count). The molecule has 1 amide bonds. The number of nitrogens with one attached hydrogen (secondary N) is 1. The smallest absolute Gasteiger partial charge is 0.220 e. The zero-order valence-corrected chi connectivity index (χ0v) is 12.6. The van der Waals surface area contributed by atoms with Gasteiger partial charge in [-0.2, -0.15) is 0 Å². The van der Waals surface area contributed by atoms with Crippen LogP contribution in [0.25, 0.3) is 0 Å². The zero-order valence-electron chi connectivity index (χ0n) is 12.6. The number of halogens is 1. The van der Waals surface area contributed by atoms with Gasteiger partial charge in [0, 0.05) is 13.0 Å². The van der Waals surface area contributed by atoms with Gasteiger partial charge in [0.2, 0.25) is 5.91 Å². The van der Waals surface area contributed by atoms with Gasteiger partial charge in [-0.3, -0.25) is 4.79 Å². The van der Waals surface area contributed by atoms with Gasteiger partial charge in [0.15, 0.2) is 0 Å². The SMILES string of the molecule is COc1ccc(CCNC(=O)CCc2ccc(F)cc2)cc1. The molecule has 0 bridgehead atoms. The lowest BCUT2D eigenvalue weighted by molar-refractivity contribution is -0.121.